The van der Waals surface area contributed by atoms with Crippen LogP contribution < -0.4 is 5.32 Å². The maximum Gasteiger partial charge on any atom is 0.0991 e. The summed E-state index contributed by atoms with van der Waals surface area (Å²) in [6.45, 7) is 0. The minimum Gasteiger partial charge on any atom is -0.355 e. The Morgan fingerprint density at radius 3 is 1.82 bits per heavy atom. The first-order valence-electron chi connectivity index (χ1n) is 17.4. The van der Waals surface area contributed by atoms with Gasteiger partial charge in [0.2, 0.25) is 0 Å². The van der Waals surface area contributed by atoms with Gasteiger partial charge in [0.05, 0.1) is 11.6 Å². The van der Waals surface area contributed by atoms with Crippen molar-refractivity contribution in [1.82, 2.24) is 0 Å². The fraction of sp³-hybridized carbons (Fsp3) is 0.0408. The van der Waals surface area contributed by atoms with Crippen LogP contribution in [0, 0.1) is 11.3 Å². The van der Waals surface area contributed by atoms with Gasteiger partial charge in [-0.05, 0) is 105 Å². The standard InChI is InChI=1S/C49H36N2/c50-34-35-28-45(33-46(29-35)43-18-11-19-44(32-43)48-22-7-8-23-49(48)51-47-20-5-2-6-21-47)42-17-10-16-41(31-42)38-26-24-37(25-27-38)40-15-9-14-39(30-40)36-12-3-1-4-13-36/h1-16,18-33,42,51H,17H2. The second kappa shape index (κ2) is 14.4. The minimum atomic E-state index is 0.165. The van der Waals surface area contributed by atoms with Crippen LogP contribution >= 0.6 is 0 Å². The lowest BCUT2D eigenvalue weighted by Gasteiger charge is -2.19. The third-order valence-corrected chi connectivity index (χ3v) is 9.59. The van der Waals surface area contributed by atoms with Gasteiger partial charge in [0.15, 0.2) is 0 Å². The fourth-order valence-electron chi connectivity index (χ4n) is 6.95. The third kappa shape index (κ3) is 7.06. The molecule has 7 aromatic carbocycles. The molecular weight excluding hydrogens is 617 g/mol. The van der Waals surface area contributed by atoms with E-state index < -0.39 is 0 Å². The van der Waals surface area contributed by atoms with E-state index in [9.17, 15) is 5.26 Å². The first kappa shape index (κ1) is 31.6. The van der Waals surface area contributed by atoms with Gasteiger partial charge >= 0.3 is 0 Å². The lowest BCUT2D eigenvalue weighted by molar-refractivity contribution is 0.857. The van der Waals surface area contributed by atoms with E-state index >= 15 is 0 Å². The Balaban J connectivity index is 1.07. The molecule has 0 saturated heterocycles. The summed E-state index contributed by atoms with van der Waals surface area (Å²) in [5, 5.41) is 13.7. The van der Waals surface area contributed by atoms with Gasteiger partial charge in [-0.15, -0.1) is 0 Å². The average Bonchev–Trinajstić information content (AvgIpc) is 3.22. The van der Waals surface area contributed by atoms with Crippen LogP contribution in [0.3, 0.4) is 0 Å². The van der Waals surface area contributed by atoms with Gasteiger partial charge in [0.25, 0.3) is 0 Å². The largest absolute Gasteiger partial charge is 0.355 e. The molecule has 7 aromatic rings. The number of nitrogens with zero attached hydrogens (tertiary/aromatic N) is 1. The zero-order valence-electron chi connectivity index (χ0n) is 28.2. The molecule has 0 radical (unpaired) electrons. The summed E-state index contributed by atoms with van der Waals surface area (Å²) in [6, 6.07) is 64.1. The molecule has 0 amide bonds. The summed E-state index contributed by atoms with van der Waals surface area (Å²) in [5.74, 6) is 0.165. The number of nitriles is 1. The molecule has 0 bridgehead atoms. The predicted octanol–water partition coefficient (Wildman–Crippen LogP) is 13.1. The molecule has 1 aliphatic rings. The van der Waals surface area contributed by atoms with E-state index in [1.54, 1.807) is 0 Å². The van der Waals surface area contributed by atoms with Gasteiger partial charge in [0.1, 0.15) is 0 Å². The smallest absolute Gasteiger partial charge is 0.0991 e. The Morgan fingerprint density at radius 1 is 0.490 bits per heavy atom. The molecule has 51 heavy (non-hydrogen) atoms. The molecule has 0 saturated carbocycles. The molecule has 0 aliphatic heterocycles. The Labute approximate surface area is 300 Å². The highest BCUT2D eigenvalue weighted by atomic mass is 14.9. The maximum absolute atomic E-state index is 10.1. The number of rotatable bonds is 8. The molecule has 2 heteroatoms. The molecule has 0 heterocycles. The average molecular weight is 653 g/mol. The van der Waals surface area contributed by atoms with Crippen LogP contribution in [0.25, 0.3) is 50.1 Å². The second-order valence-electron chi connectivity index (χ2n) is 13.0. The first-order valence-corrected chi connectivity index (χ1v) is 17.4. The van der Waals surface area contributed by atoms with E-state index in [1.807, 2.05) is 30.3 Å². The van der Waals surface area contributed by atoms with Crippen molar-refractivity contribution in [2.24, 2.45) is 0 Å². The van der Waals surface area contributed by atoms with Gasteiger partial charge in [-0.1, -0.05) is 152 Å². The number of para-hydroxylation sites is 2. The van der Waals surface area contributed by atoms with Crippen LogP contribution in [-0.2, 0) is 0 Å². The van der Waals surface area contributed by atoms with Crippen molar-refractivity contribution < 1.29 is 0 Å². The molecule has 2 nitrogen and oxygen atoms in total. The molecule has 0 spiro atoms. The zero-order valence-corrected chi connectivity index (χ0v) is 28.2. The van der Waals surface area contributed by atoms with Crippen LogP contribution in [-0.4, -0.2) is 0 Å². The van der Waals surface area contributed by atoms with E-state index in [4.69, 9.17) is 0 Å². The lowest BCUT2D eigenvalue weighted by Crippen LogP contribution is -2.01. The van der Waals surface area contributed by atoms with E-state index in [-0.39, 0.29) is 5.92 Å². The Kier molecular flexibility index (Phi) is 8.93. The number of nitrogens with one attached hydrogen (secondary N) is 1. The fourth-order valence-corrected chi connectivity index (χ4v) is 6.95. The van der Waals surface area contributed by atoms with Crippen molar-refractivity contribution in [3.63, 3.8) is 0 Å². The number of hydrogen-bond donors (Lipinski definition) is 1. The summed E-state index contributed by atoms with van der Waals surface area (Å²) >= 11 is 0. The van der Waals surface area contributed by atoms with Crippen molar-refractivity contribution in [3.8, 4) is 50.6 Å². The molecule has 1 unspecified atom stereocenters. The first-order chi connectivity index (χ1) is 25.2. The molecule has 1 atom stereocenters. The highest BCUT2D eigenvalue weighted by Gasteiger charge is 2.16. The highest BCUT2D eigenvalue weighted by Crippen LogP contribution is 2.37. The van der Waals surface area contributed by atoms with E-state index in [0.29, 0.717) is 5.56 Å². The van der Waals surface area contributed by atoms with Crippen LogP contribution in [0.1, 0.15) is 29.0 Å². The Hall–Kier alpha value is -6.69. The van der Waals surface area contributed by atoms with Gasteiger partial charge in [0, 0.05) is 22.9 Å². The van der Waals surface area contributed by atoms with Gasteiger partial charge in [-0.25, -0.2) is 0 Å². The maximum atomic E-state index is 10.1. The van der Waals surface area contributed by atoms with Crippen molar-refractivity contribution in [2.45, 2.75) is 12.3 Å². The monoisotopic (exact) mass is 652 g/mol. The van der Waals surface area contributed by atoms with E-state index in [0.717, 1.165) is 45.6 Å². The molecule has 0 fully saturated rings. The summed E-state index contributed by atoms with van der Waals surface area (Å²) < 4.78 is 0. The minimum absolute atomic E-state index is 0.165. The van der Waals surface area contributed by atoms with Crippen molar-refractivity contribution in [1.29, 1.82) is 5.26 Å². The normalized spacial score (nSPS) is 13.6. The zero-order chi connectivity index (χ0) is 34.4. The molecule has 1 N–H and O–H groups in total. The number of allylic oxidation sites excluding steroid dienone is 4. The van der Waals surface area contributed by atoms with Crippen LogP contribution in [0.2, 0.25) is 0 Å². The number of anilines is 2. The van der Waals surface area contributed by atoms with Crippen molar-refractivity contribution in [3.05, 3.63) is 211 Å². The van der Waals surface area contributed by atoms with Crippen molar-refractivity contribution >= 4 is 16.9 Å². The van der Waals surface area contributed by atoms with Gasteiger partial charge in [-0.3, -0.25) is 0 Å². The van der Waals surface area contributed by atoms with Gasteiger partial charge < -0.3 is 5.32 Å². The molecule has 1 aliphatic carbocycles. The van der Waals surface area contributed by atoms with E-state index in [1.165, 1.54) is 33.4 Å². The topological polar surface area (TPSA) is 35.8 Å². The Bertz CT molecular complexity index is 2410. The van der Waals surface area contributed by atoms with Crippen molar-refractivity contribution in [2.75, 3.05) is 5.32 Å². The SMILES string of the molecule is N#Cc1cc(-c2cccc(-c3ccccc3Nc3ccccc3)c2)cc(C2C=C(c3ccc(-c4cccc(-c5ccccc5)c4)cc3)C=CC2)c1. The summed E-state index contributed by atoms with van der Waals surface area (Å²) in [4.78, 5) is 0. The molecule has 0 aromatic heterocycles. The van der Waals surface area contributed by atoms with Crippen LogP contribution in [0.15, 0.2) is 194 Å². The third-order valence-electron chi connectivity index (χ3n) is 9.59. The van der Waals surface area contributed by atoms with Crippen LogP contribution in [0.5, 0.6) is 0 Å². The summed E-state index contributed by atoms with van der Waals surface area (Å²) in [6.07, 6.45) is 7.72. The lowest BCUT2D eigenvalue weighted by atomic mass is 9.85. The van der Waals surface area contributed by atoms with Crippen LogP contribution in [0.4, 0.5) is 11.4 Å². The molecular formula is C49H36N2. The number of benzene rings is 7. The Morgan fingerprint density at radius 2 is 1.08 bits per heavy atom. The molecule has 8 rings (SSSR count). The second-order valence-corrected chi connectivity index (χ2v) is 13.0. The van der Waals surface area contributed by atoms with Gasteiger partial charge in [-0.2, -0.15) is 5.26 Å². The number of hydrogen-bond acceptors (Lipinski definition) is 2. The quantitative estimate of drug-likeness (QED) is 0.177. The van der Waals surface area contributed by atoms with E-state index in [2.05, 4.69) is 175 Å². The molecule has 242 valence electrons. The summed E-state index contributed by atoms with van der Waals surface area (Å²) in [5.41, 5.74) is 15.5. The predicted molar refractivity (Wildman–Crippen MR) is 214 cm³/mol. The highest BCUT2D eigenvalue weighted by molar-refractivity contribution is 5.84. The summed E-state index contributed by atoms with van der Waals surface area (Å²) in [7, 11) is 0.